The molecular weight excluding hydrogens is 423 g/mol. The molecule has 0 amide bonds. The molecule has 0 aliphatic rings. The van der Waals surface area contributed by atoms with Crippen LogP contribution in [-0.4, -0.2) is 22.4 Å². The zero-order valence-electron chi connectivity index (χ0n) is 20.6. The smallest absolute Gasteiger partial charge is 0.326 e. The summed E-state index contributed by atoms with van der Waals surface area (Å²) in [4.78, 5) is 4.80. The van der Waals surface area contributed by atoms with E-state index in [1.165, 1.54) is 51.4 Å². The third-order valence-corrected chi connectivity index (χ3v) is 6.31. The van der Waals surface area contributed by atoms with Crippen molar-refractivity contribution in [3.05, 3.63) is 30.1 Å². The zero-order chi connectivity index (χ0) is 23.8. The van der Waals surface area contributed by atoms with E-state index >= 15 is 0 Å². The first kappa shape index (κ1) is 27.5. The number of aryl methyl sites for hydroxylation is 1. The fourth-order valence-corrected chi connectivity index (χ4v) is 4.31. The van der Waals surface area contributed by atoms with Crippen LogP contribution in [-0.2, 0) is 6.42 Å². The van der Waals surface area contributed by atoms with Crippen molar-refractivity contribution in [2.24, 2.45) is 0 Å². The second-order valence-corrected chi connectivity index (χ2v) is 9.37. The van der Waals surface area contributed by atoms with Gasteiger partial charge in [0.25, 0.3) is 0 Å². The Morgan fingerprint density at radius 2 is 1.36 bits per heavy atom. The van der Waals surface area contributed by atoms with Crippen molar-refractivity contribution in [1.82, 2.24) is 9.66 Å². The molecular formula is C27H44F3N3. The molecule has 0 aromatic carbocycles. The summed E-state index contributed by atoms with van der Waals surface area (Å²) in [5.74, 6) is 0. The van der Waals surface area contributed by atoms with E-state index in [-0.39, 0.29) is 6.42 Å². The maximum absolute atomic E-state index is 12.1. The summed E-state index contributed by atoms with van der Waals surface area (Å²) < 4.78 is 38.4. The van der Waals surface area contributed by atoms with Gasteiger partial charge >= 0.3 is 6.18 Å². The number of nitrogens with zero attached hydrogens (tertiary/aromatic N) is 2. The van der Waals surface area contributed by atoms with Crippen LogP contribution in [0.5, 0.6) is 0 Å². The number of aromatic nitrogens is 2. The first-order chi connectivity index (χ1) is 16.0. The molecule has 0 unspecified atom stereocenters. The minimum Gasteiger partial charge on any atom is -0.326 e. The highest BCUT2D eigenvalue weighted by Crippen LogP contribution is 2.23. The molecule has 1 N–H and O–H groups in total. The van der Waals surface area contributed by atoms with E-state index in [9.17, 15) is 13.2 Å². The maximum Gasteiger partial charge on any atom is 0.389 e. The molecule has 3 nitrogen and oxygen atoms in total. The van der Waals surface area contributed by atoms with Crippen LogP contribution in [0.25, 0.3) is 11.0 Å². The predicted octanol–water partition coefficient (Wildman–Crippen LogP) is 8.95. The van der Waals surface area contributed by atoms with Gasteiger partial charge in [-0.2, -0.15) is 13.2 Å². The number of hydrogen-bond donors (Lipinski definition) is 1. The fraction of sp³-hybridized carbons (Fsp3) is 0.741. The zero-order valence-corrected chi connectivity index (χ0v) is 20.6. The number of rotatable bonds is 19. The number of nitrogens with one attached hydrogen (secondary N) is 1. The molecule has 33 heavy (non-hydrogen) atoms. The molecule has 2 aromatic rings. The summed E-state index contributed by atoms with van der Waals surface area (Å²) >= 11 is 0. The standard InChI is InChI=1S/C27H44F3N3/c1-2-3-4-5-6-10-13-16-22-31-33-23-20-25-26(33)19-18-24(32-25)17-14-11-8-7-9-12-15-21-27(28,29)30/h18-20,23,31H,2-17,21-22H2,1H3. The molecule has 188 valence electrons. The van der Waals surface area contributed by atoms with Crippen LogP contribution in [0.3, 0.4) is 0 Å². The molecule has 0 bridgehead atoms. The Kier molecular flexibility index (Phi) is 13.3. The lowest BCUT2D eigenvalue weighted by Crippen LogP contribution is -2.14. The van der Waals surface area contributed by atoms with E-state index in [4.69, 9.17) is 4.98 Å². The minimum atomic E-state index is -4.00. The van der Waals surface area contributed by atoms with Crippen LogP contribution in [0.2, 0.25) is 0 Å². The topological polar surface area (TPSA) is 29.9 Å². The Morgan fingerprint density at radius 1 is 0.758 bits per heavy atom. The summed E-state index contributed by atoms with van der Waals surface area (Å²) in [6.07, 6.45) is 15.2. The third-order valence-electron chi connectivity index (χ3n) is 6.31. The van der Waals surface area contributed by atoms with Gasteiger partial charge in [-0.25, -0.2) is 0 Å². The van der Waals surface area contributed by atoms with Crippen molar-refractivity contribution in [2.75, 3.05) is 12.0 Å². The third kappa shape index (κ3) is 12.4. The average Bonchev–Trinajstić information content (AvgIpc) is 3.18. The van der Waals surface area contributed by atoms with E-state index in [0.717, 1.165) is 61.8 Å². The van der Waals surface area contributed by atoms with E-state index < -0.39 is 12.6 Å². The van der Waals surface area contributed by atoms with Crippen LogP contribution >= 0.6 is 0 Å². The van der Waals surface area contributed by atoms with Crippen LogP contribution < -0.4 is 5.43 Å². The monoisotopic (exact) mass is 467 g/mol. The van der Waals surface area contributed by atoms with Gasteiger partial charge in [0.1, 0.15) is 0 Å². The van der Waals surface area contributed by atoms with Crippen LogP contribution in [0, 0.1) is 0 Å². The molecule has 2 heterocycles. The number of alkyl halides is 3. The molecule has 0 spiro atoms. The number of pyridine rings is 1. The molecule has 2 aromatic heterocycles. The number of unbranched alkanes of at least 4 members (excludes halogenated alkanes) is 13. The quantitative estimate of drug-likeness (QED) is 0.209. The maximum atomic E-state index is 12.1. The predicted molar refractivity (Wildman–Crippen MR) is 133 cm³/mol. The van der Waals surface area contributed by atoms with E-state index in [1.807, 2.05) is 0 Å². The largest absolute Gasteiger partial charge is 0.389 e. The van der Waals surface area contributed by atoms with Crippen molar-refractivity contribution >= 4 is 11.0 Å². The van der Waals surface area contributed by atoms with E-state index in [2.05, 4.69) is 41.4 Å². The van der Waals surface area contributed by atoms with Gasteiger partial charge in [0.2, 0.25) is 0 Å². The van der Waals surface area contributed by atoms with Crippen molar-refractivity contribution < 1.29 is 13.2 Å². The molecule has 0 saturated carbocycles. The SMILES string of the molecule is CCCCCCCCCCNn1ccc2nc(CCCCCCCCCC(F)(F)F)ccc21. The van der Waals surface area contributed by atoms with Crippen molar-refractivity contribution in [3.63, 3.8) is 0 Å². The lowest BCUT2D eigenvalue weighted by Gasteiger charge is -2.09. The molecule has 0 atom stereocenters. The molecule has 0 aliphatic heterocycles. The minimum absolute atomic E-state index is 0.265. The van der Waals surface area contributed by atoms with Crippen molar-refractivity contribution in [1.29, 1.82) is 0 Å². The lowest BCUT2D eigenvalue weighted by atomic mass is 10.1. The van der Waals surface area contributed by atoms with Gasteiger partial charge in [0.15, 0.2) is 0 Å². The van der Waals surface area contributed by atoms with Crippen LogP contribution in [0.4, 0.5) is 13.2 Å². The Morgan fingerprint density at radius 3 is 2.03 bits per heavy atom. The Bertz CT molecular complexity index is 755. The van der Waals surface area contributed by atoms with Gasteiger partial charge in [-0.1, -0.05) is 84.0 Å². The van der Waals surface area contributed by atoms with Gasteiger partial charge in [0.05, 0.1) is 11.0 Å². The van der Waals surface area contributed by atoms with Crippen molar-refractivity contribution in [2.45, 2.75) is 122 Å². The number of halogens is 3. The first-order valence-electron chi connectivity index (χ1n) is 13.3. The molecule has 2 rings (SSSR count). The van der Waals surface area contributed by atoms with Gasteiger partial charge < -0.3 is 5.43 Å². The van der Waals surface area contributed by atoms with Crippen molar-refractivity contribution in [3.8, 4) is 0 Å². The number of hydrogen-bond acceptors (Lipinski definition) is 2. The fourth-order valence-electron chi connectivity index (χ4n) is 4.31. The van der Waals surface area contributed by atoms with Gasteiger partial charge in [0, 0.05) is 24.9 Å². The second-order valence-electron chi connectivity index (χ2n) is 9.37. The molecule has 0 aliphatic carbocycles. The highest BCUT2D eigenvalue weighted by molar-refractivity contribution is 5.76. The second kappa shape index (κ2) is 16.0. The highest BCUT2D eigenvalue weighted by atomic mass is 19.4. The normalized spacial score (nSPS) is 12.0. The summed E-state index contributed by atoms with van der Waals surface area (Å²) in [6, 6.07) is 6.34. The summed E-state index contributed by atoms with van der Waals surface area (Å²) in [7, 11) is 0. The van der Waals surface area contributed by atoms with E-state index in [1.54, 1.807) is 0 Å². The highest BCUT2D eigenvalue weighted by Gasteiger charge is 2.25. The molecule has 0 saturated heterocycles. The summed E-state index contributed by atoms with van der Waals surface area (Å²) in [5, 5.41) is 0. The summed E-state index contributed by atoms with van der Waals surface area (Å²) in [5.41, 5.74) is 6.77. The average molecular weight is 468 g/mol. The number of fused-ring (bicyclic) bond motifs is 1. The van der Waals surface area contributed by atoms with Crippen LogP contribution in [0.1, 0.15) is 115 Å². The summed E-state index contributed by atoms with van der Waals surface area (Å²) in [6.45, 7) is 3.24. The Balaban J connectivity index is 1.55. The molecule has 0 radical (unpaired) electrons. The molecule has 0 fully saturated rings. The van der Waals surface area contributed by atoms with E-state index in [0.29, 0.717) is 6.42 Å². The van der Waals surface area contributed by atoms with Gasteiger partial charge in [-0.3, -0.25) is 9.66 Å². The Labute approximate surface area is 198 Å². The Hall–Kier alpha value is -1.72. The lowest BCUT2D eigenvalue weighted by molar-refractivity contribution is -0.135. The van der Waals surface area contributed by atoms with Crippen LogP contribution in [0.15, 0.2) is 24.4 Å². The first-order valence-corrected chi connectivity index (χ1v) is 13.3. The van der Waals surface area contributed by atoms with Gasteiger partial charge in [-0.15, -0.1) is 0 Å². The molecule has 6 heteroatoms. The van der Waals surface area contributed by atoms with Gasteiger partial charge in [-0.05, 0) is 43.9 Å².